The fourth-order valence-electron chi connectivity index (χ4n) is 3.78. The van der Waals surface area contributed by atoms with Crippen molar-refractivity contribution in [2.24, 2.45) is 0 Å². The van der Waals surface area contributed by atoms with Crippen LogP contribution < -0.4 is 11.1 Å². The van der Waals surface area contributed by atoms with Gasteiger partial charge in [0.2, 0.25) is 0 Å². The molecule has 0 aliphatic carbocycles. The van der Waals surface area contributed by atoms with Crippen molar-refractivity contribution in [3.63, 3.8) is 0 Å². The Bertz CT molecular complexity index is 1260. The number of para-hydroxylation sites is 1. The molecule has 3 N–H and O–H groups in total. The molecule has 0 fully saturated rings. The maximum absolute atomic E-state index is 13.2. The summed E-state index contributed by atoms with van der Waals surface area (Å²) in [5, 5.41) is 3.57. The Balaban J connectivity index is 1.81. The molecular formula is C25H23N3O2. The molecule has 0 spiro atoms. The predicted octanol–water partition coefficient (Wildman–Crippen LogP) is 5.09. The van der Waals surface area contributed by atoms with E-state index in [1.165, 1.54) is 4.57 Å². The van der Waals surface area contributed by atoms with Crippen molar-refractivity contribution < 1.29 is 9.59 Å². The number of hydrogen-bond donors (Lipinski definition) is 2. The van der Waals surface area contributed by atoms with Gasteiger partial charge in [-0.2, -0.15) is 0 Å². The maximum atomic E-state index is 13.2. The van der Waals surface area contributed by atoms with E-state index in [-0.39, 0.29) is 17.6 Å². The quantitative estimate of drug-likeness (QED) is 0.505. The zero-order chi connectivity index (χ0) is 21.4. The van der Waals surface area contributed by atoms with E-state index in [1.807, 2.05) is 63.2 Å². The highest BCUT2D eigenvalue weighted by Crippen LogP contribution is 2.30. The monoisotopic (exact) mass is 397 g/mol. The molecule has 1 aromatic heterocycles. The molecule has 1 amide bonds. The van der Waals surface area contributed by atoms with Gasteiger partial charge in [-0.05, 0) is 62.2 Å². The van der Waals surface area contributed by atoms with Crippen LogP contribution in [0.3, 0.4) is 0 Å². The number of benzene rings is 3. The number of aryl methyl sites for hydroxylation is 3. The number of rotatable bonds is 3. The van der Waals surface area contributed by atoms with Crippen LogP contribution >= 0.6 is 0 Å². The fraction of sp³-hybridized carbons (Fsp3) is 0.120. The minimum Gasteiger partial charge on any atom is -0.384 e. The summed E-state index contributed by atoms with van der Waals surface area (Å²) in [5.41, 5.74) is 11.6. The number of hydrogen-bond acceptors (Lipinski definition) is 3. The van der Waals surface area contributed by atoms with Crippen molar-refractivity contribution in [2.75, 3.05) is 11.1 Å². The van der Waals surface area contributed by atoms with Crippen molar-refractivity contribution >= 4 is 34.2 Å². The summed E-state index contributed by atoms with van der Waals surface area (Å²) < 4.78 is 1.41. The molecule has 0 aliphatic rings. The van der Waals surface area contributed by atoms with Gasteiger partial charge >= 0.3 is 0 Å². The van der Waals surface area contributed by atoms with E-state index in [4.69, 9.17) is 5.73 Å². The molecule has 5 nitrogen and oxygen atoms in total. The average Bonchev–Trinajstić information content (AvgIpc) is 2.99. The van der Waals surface area contributed by atoms with E-state index in [0.29, 0.717) is 27.7 Å². The van der Waals surface area contributed by atoms with Crippen LogP contribution in [0.25, 0.3) is 10.9 Å². The van der Waals surface area contributed by atoms with Gasteiger partial charge in [-0.15, -0.1) is 0 Å². The van der Waals surface area contributed by atoms with Crippen LogP contribution in [0.1, 0.15) is 37.4 Å². The molecular weight excluding hydrogens is 374 g/mol. The van der Waals surface area contributed by atoms with Gasteiger partial charge in [0, 0.05) is 16.6 Å². The summed E-state index contributed by atoms with van der Waals surface area (Å²) in [6, 6.07) is 20.4. The molecule has 0 atom stereocenters. The molecule has 0 saturated carbocycles. The Morgan fingerprint density at radius 3 is 2.13 bits per heavy atom. The maximum Gasteiger partial charge on any atom is 0.263 e. The largest absolute Gasteiger partial charge is 0.384 e. The first-order valence-corrected chi connectivity index (χ1v) is 9.75. The SMILES string of the molecule is Cc1ccc(C(=O)n2c(N)c(C(=O)Nc3cc(C)cc(C)c3)c3ccccc32)cc1. The van der Waals surface area contributed by atoms with Gasteiger partial charge in [-0.3, -0.25) is 14.2 Å². The van der Waals surface area contributed by atoms with Crippen LogP contribution in [-0.2, 0) is 0 Å². The number of aromatic nitrogens is 1. The second-order valence-electron chi connectivity index (χ2n) is 7.61. The second-order valence-corrected chi connectivity index (χ2v) is 7.61. The Morgan fingerprint density at radius 2 is 1.47 bits per heavy atom. The smallest absolute Gasteiger partial charge is 0.263 e. The number of carbonyl (C=O) groups excluding carboxylic acids is 2. The van der Waals surface area contributed by atoms with Crippen molar-refractivity contribution in [3.05, 3.63) is 94.5 Å². The first kappa shape index (κ1) is 19.5. The second kappa shape index (κ2) is 7.52. The molecule has 30 heavy (non-hydrogen) atoms. The lowest BCUT2D eigenvalue weighted by Gasteiger charge is -2.09. The molecule has 0 radical (unpaired) electrons. The van der Waals surface area contributed by atoms with Crippen molar-refractivity contribution in [3.8, 4) is 0 Å². The molecule has 150 valence electrons. The van der Waals surface area contributed by atoms with Crippen molar-refractivity contribution in [2.45, 2.75) is 20.8 Å². The lowest BCUT2D eigenvalue weighted by molar-refractivity contribution is 0.0967. The van der Waals surface area contributed by atoms with E-state index in [0.717, 1.165) is 16.7 Å². The normalized spacial score (nSPS) is 10.9. The van der Waals surface area contributed by atoms with Crippen LogP contribution in [0.5, 0.6) is 0 Å². The standard InChI is InChI=1S/C25H23N3O2/c1-15-8-10-18(11-9-15)25(30)28-21-7-5-4-6-20(21)22(23(28)26)24(29)27-19-13-16(2)12-17(3)14-19/h4-14H,26H2,1-3H3,(H,27,29). The minimum atomic E-state index is -0.343. The Labute approximate surface area is 175 Å². The topological polar surface area (TPSA) is 77.1 Å². The summed E-state index contributed by atoms with van der Waals surface area (Å²) in [6.45, 7) is 5.91. The summed E-state index contributed by atoms with van der Waals surface area (Å²) in [4.78, 5) is 26.4. The first-order chi connectivity index (χ1) is 14.3. The number of amides is 1. The Hall–Kier alpha value is -3.86. The molecule has 3 aromatic carbocycles. The molecule has 5 heteroatoms. The van der Waals surface area contributed by atoms with Gasteiger partial charge in [0.05, 0.1) is 11.1 Å². The lowest BCUT2D eigenvalue weighted by atomic mass is 10.1. The highest BCUT2D eigenvalue weighted by atomic mass is 16.2. The van der Waals surface area contributed by atoms with E-state index in [2.05, 4.69) is 5.32 Å². The van der Waals surface area contributed by atoms with Crippen molar-refractivity contribution in [1.29, 1.82) is 0 Å². The van der Waals surface area contributed by atoms with Crippen LogP contribution in [0.15, 0.2) is 66.7 Å². The molecule has 0 bridgehead atoms. The van der Waals surface area contributed by atoms with Gasteiger partial charge in [0.1, 0.15) is 5.82 Å². The van der Waals surface area contributed by atoms with Gasteiger partial charge in [-0.1, -0.05) is 42.0 Å². The van der Waals surface area contributed by atoms with Gasteiger partial charge < -0.3 is 11.1 Å². The Morgan fingerprint density at radius 1 is 0.833 bits per heavy atom. The van der Waals surface area contributed by atoms with E-state index >= 15 is 0 Å². The number of nitrogens with zero attached hydrogens (tertiary/aromatic N) is 1. The molecule has 0 aliphatic heterocycles. The number of fused-ring (bicyclic) bond motifs is 1. The van der Waals surface area contributed by atoms with Gasteiger partial charge in [0.15, 0.2) is 0 Å². The van der Waals surface area contributed by atoms with Crippen LogP contribution in [0, 0.1) is 20.8 Å². The number of nitrogens with two attached hydrogens (primary N) is 1. The lowest BCUT2D eigenvalue weighted by Crippen LogP contribution is -2.18. The highest BCUT2D eigenvalue weighted by Gasteiger charge is 2.24. The molecule has 4 aromatic rings. The third-order valence-electron chi connectivity index (χ3n) is 5.12. The zero-order valence-corrected chi connectivity index (χ0v) is 17.2. The van der Waals surface area contributed by atoms with E-state index in [1.54, 1.807) is 24.3 Å². The summed E-state index contributed by atoms with van der Waals surface area (Å²) in [6.07, 6.45) is 0. The van der Waals surface area contributed by atoms with Crippen molar-refractivity contribution in [1.82, 2.24) is 4.57 Å². The van der Waals surface area contributed by atoms with E-state index < -0.39 is 0 Å². The van der Waals surface area contributed by atoms with E-state index in [9.17, 15) is 9.59 Å². The summed E-state index contributed by atoms with van der Waals surface area (Å²) >= 11 is 0. The number of carbonyl (C=O) groups is 2. The number of anilines is 2. The minimum absolute atomic E-state index is 0.128. The highest BCUT2D eigenvalue weighted by molar-refractivity contribution is 6.20. The summed E-state index contributed by atoms with van der Waals surface area (Å²) in [5.74, 6) is -0.484. The molecule has 0 unspecified atom stereocenters. The first-order valence-electron chi connectivity index (χ1n) is 9.75. The number of nitrogen functional groups attached to an aromatic ring is 1. The zero-order valence-electron chi connectivity index (χ0n) is 17.2. The van der Waals surface area contributed by atoms with Crippen LogP contribution in [-0.4, -0.2) is 16.4 Å². The molecule has 1 heterocycles. The molecule has 4 rings (SSSR count). The van der Waals surface area contributed by atoms with Crippen LogP contribution in [0.2, 0.25) is 0 Å². The fourth-order valence-corrected chi connectivity index (χ4v) is 3.78. The predicted molar refractivity (Wildman–Crippen MR) is 121 cm³/mol. The van der Waals surface area contributed by atoms with Gasteiger partial charge in [0.25, 0.3) is 11.8 Å². The summed E-state index contributed by atoms with van der Waals surface area (Å²) in [7, 11) is 0. The third-order valence-corrected chi connectivity index (χ3v) is 5.12. The Kier molecular flexibility index (Phi) is 4.88. The number of nitrogens with one attached hydrogen (secondary N) is 1. The molecule has 0 saturated heterocycles. The third kappa shape index (κ3) is 3.46. The average molecular weight is 397 g/mol. The van der Waals surface area contributed by atoms with Crippen LogP contribution in [0.4, 0.5) is 11.5 Å². The van der Waals surface area contributed by atoms with Gasteiger partial charge in [-0.25, -0.2) is 0 Å².